The fraction of sp³-hybridized carbons (Fsp3) is 0.286. The van der Waals surface area contributed by atoms with Gasteiger partial charge in [-0.05, 0) is 37.2 Å². The molecule has 0 bridgehead atoms. The maximum absolute atomic E-state index is 13.2. The fourth-order valence-electron chi connectivity index (χ4n) is 1.69. The molecule has 0 fully saturated rings. The van der Waals surface area contributed by atoms with E-state index in [1.54, 1.807) is 31.5 Å². The molecule has 0 aliphatic rings. The number of hydrogen-bond acceptors (Lipinski definition) is 4. The number of nitrogens with one attached hydrogen (secondary N) is 2. The smallest absolute Gasteiger partial charge is 0.222 e. The van der Waals surface area contributed by atoms with Crippen LogP contribution < -0.4 is 10.6 Å². The lowest BCUT2D eigenvalue weighted by atomic mass is 10.1. The van der Waals surface area contributed by atoms with E-state index in [1.165, 1.54) is 6.07 Å². The first-order valence-corrected chi connectivity index (χ1v) is 6.18. The highest BCUT2D eigenvalue weighted by Crippen LogP contribution is 2.20. The highest BCUT2D eigenvalue weighted by molar-refractivity contribution is 5.62. The number of likely N-dealkylation sites (N-methyl/N-ethyl adjacent to an activating group) is 1. The summed E-state index contributed by atoms with van der Waals surface area (Å²) >= 11 is 0. The van der Waals surface area contributed by atoms with E-state index in [1.807, 2.05) is 7.05 Å². The number of benzene rings is 1. The maximum atomic E-state index is 13.2. The number of halogens is 1. The average Bonchev–Trinajstić information content (AvgIpc) is 2.43. The predicted octanol–water partition coefficient (Wildman–Crippen LogP) is 2.22. The SMILES string of the molecule is CNCCNc1ncc(-c2ccc(F)c(C)c2)cn1. The largest absolute Gasteiger partial charge is 0.353 e. The van der Waals surface area contributed by atoms with Gasteiger partial charge in [0.15, 0.2) is 0 Å². The molecule has 2 N–H and O–H groups in total. The van der Waals surface area contributed by atoms with E-state index < -0.39 is 0 Å². The van der Waals surface area contributed by atoms with E-state index in [-0.39, 0.29) is 5.82 Å². The minimum Gasteiger partial charge on any atom is -0.353 e. The molecule has 1 aromatic carbocycles. The summed E-state index contributed by atoms with van der Waals surface area (Å²) in [6.45, 7) is 3.36. The van der Waals surface area contributed by atoms with Crippen LogP contribution in [0.1, 0.15) is 5.56 Å². The molecule has 4 nitrogen and oxygen atoms in total. The molecule has 1 aromatic heterocycles. The summed E-state index contributed by atoms with van der Waals surface area (Å²) in [7, 11) is 1.89. The second-order valence-electron chi connectivity index (χ2n) is 4.29. The first kappa shape index (κ1) is 13.4. The molecule has 0 radical (unpaired) electrons. The van der Waals surface area contributed by atoms with E-state index in [0.717, 1.165) is 24.2 Å². The molecule has 0 aliphatic carbocycles. The molecule has 0 aliphatic heterocycles. The number of aromatic nitrogens is 2. The van der Waals surface area contributed by atoms with Gasteiger partial charge in [0.2, 0.25) is 5.95 Å². The van der Waals surface area contributed by atoms with Crippen molar-refractivity contribution in [3.8, 4) is 11.1 Å². The molecule has 0 spiro atoms. The van der Waals surface area contributed by atoms with E-state index in [9.17, 15) is 4.39 Å². The molecule has 0 unspecified atom stereocenters. The Labute approximate surface area is 112 Å². The van der Waals surface area contributed by atoms with Crippen molar-refractivity contribution >= 4 is 5.95 Å². The van der Waals surface area contributed by atoms with Crippen molar-refractivity contribution in [2.45, 2.75) is 6.92 Å². The van der Waals surface area contributed by atoms with Gasteiger partial charge < -0.3 is 10.6 Å². The average molecular weight is 260 g/mol. The molecule has 0 saturated carbocycles. The van der Waals surface area contributed by atoms with E-state index in [2.05, 4.69) is 20.6 Å². The van der Waals surface area contributed by atoms with Crippen LogP contribution in [0.15, 0.2) is 30.6 Å². The Morgan fingerprint density at radius 2 is 1.84 bits per heavy atom. The van der Waals surface area contributed by atoms with E-state index in [0.29, 0.717) is 11.5 Å². The minimum absolute atomic E-state index is 0.199. The van der Waals surface area contributed by atoms with Gasteiger partial charge in [-0.25, -0.2) is 14.4 Å². The lowest BCUT2D eigenvalue weighted by Crippen LogP contribution is -2.18. The van der Waals surface area contributed by atoms with Gasteiger partial charge in [0.05, 0.1) is 0 Å². The number of hydrogen-bond donors (Lipinski definition) is 2. The number of anilines is 1. The lowest BCUT2D eigenvalue weighted by Gasteiger charge is -2.06. The van der Waals surface area contributed by atoms with Crippen molar-refractivity contribution in [3.05, 3.63) is 42.0 Å². The third-order valence-electron chi connectivity index (χ3n) is 2.80. The summed E-state index contributed by atoms with van der Waals surface area (Å²) in [5.41, 5.74) is 2.41. The summed E-state index contributed by atoms with van der Waals surface area (Å²) in [6.07, 6.45) is 3.47. The highest BCUT2D eigenvalue weighted by Gasteiger charge is 2.03. The predicted molar refractivity (Wildman–Crippen MR) is 74.6 cm³/mol. The molecule has 2 rings (SSSR count). The normalized spacial score (nSPS) is 10.5. The Morgan fingerprint density at radius 3 is 2.47 bits per heavy atom. The van der Waals surface area contributed by atoms with Crippen LogP contribution in [0.25, 0.3) is 11.1 Å². The van der Waals surface area contributed by atoms with Gasteiger partial charge in [0, 0.05) is 31.0 Å². The van der Waals surface area contributed by atoms with Crippen molar-refractivity contribution in [2.24, 2.45) is 0 Å². The summed E-state index contributed by atoms with van der Waals surface area (Å²) < 4.78 is 13.2. The number of aryl methyl sites for hydroxylation is 1. The van der Waals surface area contributed by atoms with Crippen molar-refractivity contribution in [1.82, 2.24) is 15.3 Å². The number of rotatable bonds is 5. The van der Waals surface area contributed by atoms with E-state index in [4.69, 9.17) is 0 Å². The Bertz CT molecular complexity index is 540. The number of nitrogens with zero attached hydrogens (tertiary/aromatic N) is 2. The molecule has 0 saturated heterocycles. The van der Waals surface area contributed by atoms with Gasteiger partial charge in [-0.1, -0.05) is 6.07 Å². The van der Waals surface area contributed by atoms with Gasteiger partial charge in [-0.15, -0.1) is 0 Å². The zero-order valence-electron chi connectivity index (χ0n) is 11.1. The monoisotopic (exact) mass is 260 g/mol. The van der Waals surface area contributed by atoms with Crippen LogP contribution in [-0.2, 0) is 0 Å². The van der Waals surface area contributed by atoms with Gasteiger partial charge in [-0.2, -0.15) is 0 Å². The van der Waals surface area contributed by atoms with Gasteiger partial charge in [-0.3, -0.25) is 0 Å². The topological polar surface area (TPSA) is 49.8 Å². The standard InChI is InChI=1S/C14H17FN4/c1-10-7-11(3-4-13(10)15)12-8-18-14(19-9-12)17-6-5-16-2/h3-4,7-9,16H,5-6H2,1-2H3,(H,17,18,19). The van der Waals surface area contributed by atoms with Crippen molar-refractivity contribution in [3.63, 3.8) is 0 Å². The van der Waals surface area contributed by atoms with E-state index >= 15 is 0 Å². The third-order valence-corrected chi connectivity index (χ3v) is 2.80. The molecule has 100 valence electrons. The molecule has 19 heavy (non-hydrogen) atoms. The Balaban J connectivity index is 2.11. The van der Waals surface area contributed by atoms with Gasteiger partial charge in [0.25, 0.3) is 0 Å². The van der Waals surface area contributed by atoms with Crippen molar-refractivity contribution in [1.29, 1.82) is 0 Å². The fourth-order valence-corrected chi connectivity index (χ4v) is 1.69. The van der Waals surface area contributed by atoms with Crippen LogP contribution in [0.3, 0.4) is 0 Å². The maximum Gasteiger partial charge on any atom is 0.222 e. The second kappa shape index (κ2) is 6.24. The van der Waals surface area contributed by atoms with Gasteiger partial charge >= 0.3 is 0 Å². The molecule has 2 aromatic rings. The van der Waals surface area contributed by atoms with Crippen molar-refractivity contribution < 1.29 is 4.39 Å². The quantitative estimate of drug-likeness (QED) is 0.809. The molecule has 0 atom stereocenters. The van der Waals surface area contributed by atoms with Crippen LogP contribution >= 0.6 is 0 Å². The third kappa shape index (κ3) is 3.48. The highest BCUT2D eigenvalue weighted by atomic mass is 19.1. The summed E-state index contributed by atoms with van der Waals surface area (Å²) in [5, 5.41) is 6.13. The van der Waals surface area contributed by atoms with Crippen LogP contribution in [0.4, 0.5) is 10.3 Å². The van der Waals surface area contributed by atoms with Crippen LogP contribution in [0, 0.1) is 12.7 Å². The first-order valence-electron chi connectivity index (χ1n) is 6.18. The summed E-state index contributed by atoms with van der Waals surface area (Å²) in [6, 6.07) is 4.99. The molecular formula is C14H17FN4. The minimum atomic E-state index is -0.199. The Morgan fingerprint density at radius 1 is 1.11 bits per heavy atom. The van der Waals surface area contributed by atoms with Crippen LogP contribution in [0.5, 0.6) is 0 Å². The first-order chi connectivity index (χ1) is 9.20. The zero-order valence-corrected chi connectivity index (χ0v) is 11.1. The second-order valence-corrected chi connectivity index (χ2v) is 4.29. The molecule has 1 heterocycles. The summed E-state index contributed by atoms with van der Waals surface area (Å²) in [5.74, 6) is 0.396. The van der Waals surface area contributed by atoms with Crippen molar-refractivity contribution in [2.75, 3.05) is 25.5 Å². The zero-order chi connectivity index (χ0) is 13.7. The molecule has 0 amide bonds. The van der Waals surface area contributed by atoms with Crippen LogP contribution in [-0.4, -0.2) is 30.1 Å². The van der Waals surface area contributed by atoms with Gasteiger partial charge in [0.1, 0.15) is 5.82 Å². The Kier molecular flexibility index (Phi) is 4.41. The molecule has 5 heteroatoms. The summed E-state index contributed by atoms with van der Waals surface area (Å²) in [4.78, 5) is 8.47. The lowest BCUT2D eigenvalue weighted by molar-refractivity contribution is 0.619. The molecular weight excluding hydrogens is 243 g/mol. The van der Waals surface area contributed by atoms with Crippen LogP contribution in [0.2, 0.25) is 0 Å². The Hall–Kier alpha value is -2.01.